The first-order chi connectivity index (χ1) is 13.8. The Labute approximate surface area is 162 Å². The van der Waals surface area contributed by atoms with Gasteiger partial charge in [0.2, 0.25) is 5.91 Å². The Balaban J connectivity index is 1.77. The summed E-state index contributed by atoms with van der Waals surface area (Å²) < 4.78 is 44.8. The summed E-state index contributed by atoms with van der Waals surface area (Å²) in [6, 6.07) is 13.4. The molecule has 0 fully saturated rings. The number of furan rings is 1. The Hall–Kier alpha value is -3.88. The molecule has 0 aliphatic heterocycles. The smallest absolute Gasteiger partial charge is 0.417 e. The van der Waals surface area contributed by atoms with Gasteiger partial charge >= 0.3 is 6.18 Å². The predicted molar refractivity (Wildman–Crippen MR) is 99.9 cm³/mol. The Morgan fingerprint density at radius 2 is 1.72 bits per heavy atom. The molecule has 2 aromatic carbocycles. The first kappa shape index (κ1) is 19.9. The molecule has 0 saturated carbocycles. The number of para-hydroxylation sites is 2. The zero-order valence-corrected chi connectivity index (χ0v) is 14.6. The summed E-state index contributed by atoms with van der Waals surface area (Å²) in [6.07, 6.45) is -2.22. The summed E-state index contributed by atoms with van der Waals surface area (Å²) >= 11 is 0. The first-order valence-corrected chi connectivity index (χ1v) is 8.24. The van der Waals surface area contributed by atoms with E-state index in [9.17, 15) is 28.1 Å². The van der Waals surface area contributed by atoms with Crippen LogP contribution in [-0.4, -0.2) is 10.8 Å². The molecule has 0 radical (unpaired) electrons. The van der Waals surface area contributed by atoms with Gasteiger partial charge in [-0.25, -0.2) is 0 Å². The summed E-state index contributed by atoms with van der Waals surface area (Å²) in [5.41, 5.74) is -1.20. The van der Waals surface area contributed by atoms with Crippen molar-refractivity contribution < 1.29 is 27.3 Å². The minimum Gasteiger partial charge on any atom is -0.457 e. The van der Waals surface area contributed by atoms with E-state index in [0.29, 0.717) is 0 Å². The van der Waals surface area contributed by atoms with Gasteiger partial charge in [-0.15, -0.1) is 0 Å². The summed E-state index contributed by atoms with van der Waals surface area (Å²) in [4.78, 5) is 22.3. The van der Waals surface area contributed by atoms with Crippen molar-refractivity contribution in [1.82, 2.24) is 0 Å². The summed E-state index contributed by atoms with van der Waals surface area (Å²) in [5, 5.41) is 13.3. The quantitative estimate of drug-likeness (QED) is 0.346. The maximum Gasteiger partial charge on any atom is 0.417 e. The number of nitro benzene ring substituents is 1. The van der Waals surface area contributed by atoms with Crippen molar-refractivity contribution in [3.63, 3.8) is 0 Å². The van der Waals surface area contributed by atoms with E-state index in [2.05, 4.69) is 5.32 Å². The average molecular weight is 402 g/mol. The molecule has 3 aromatic rings. The van der Waals surface area contributed by atoms with Crippen LogP contribution in [0.3, 0.4) is 0 Å². The minimum atomic E-state index is -4.54. The molecule has 0 saturated heterocycles. The third-order valence-corrected chi connectivity index (χ3v) is 3.88. The van der Waals surface area contributed by atoms with Crippen LogP contribution in [0.4, 0.5) is 24.5 Å². The fourth-order valence-electron chi connectivity index (χ4n) is 2.60. The van der Waals surface area contributed by atoms with E-state index >= 15 is 0 Å². The topological polar surface area (TPSA) is 85.4 Å². The molecule has 6 nitrogen and oxygen atoms in total. The first-order valence-electron chi connectivity index (χ1n) is 8.24. The summed E-state index contributed by atoms with van der Waals surface area (Å²) in [7, 11) is 0. The normalized spacial score (nSPS) is 11.6. The number of nitrogens with zero attached hydrogens (tertiary/aromatic N) is 1. The van der Waals surface area contributed by atoms with E-state index in [1.54, 1.807) is 0 Å². The van der Waals surface area contributed by atoms with Crippen LogP contribution < -0.4 is 5.32 Å². The third kappa shape index (κ3) is 4.70. The van der Waals surface area contributed by atoms with Gasteiger partial charge < -0.3 is 9.73 Å². The van der Waals surface area contributed by atoms with Crippen LogP contribution in [0.25, 0.3) is 17.4 Å². The zero-order valence-electron chi connectivity index (χ0n) is 14.6. The molecule has 0 atom stereocenters. The summed E-state index contributed by atoms with van der Waals surface area (Å²) in [5.74, 6) is -0.515. The van der Waals surface area contributed by atoms with Gasteiger partial charge in [0.25, 0.3) is 5.69 Å². The molecule has 1 N–H and O–H groups in total. The van der Waals surface area contributed by atoms with E-state index in [1.807, 2.05) is 0 Å². The van der Waals surface area contributed by atoms with Gasteiger partial charge in [-0.2, -0.15) is 13.2 Å². The number of carbonyl (C=O) groups is 1. The lowest BCUT2D eigenvalue weighted by Crippen LogP contribution is -2.09. The molecular formula is C20H13F3N2O4. The number of amides is 1. The minimum absolute atomic E-state index is 0.00307. The van der Waals surface area contributed by atoms with Crippen molar-refractivity contribution in [2.75, 3.05) is 5.32 Å². The number of halogens is 3. The molecule has 3 rings (SSSR count). The largest absolute Gasteiger partial charge is 0.457 e. The number of benzene rings is 2. The molecule has 1 amide bonds. The Morgan fingerprint density at radius 3 is 2.45 bits per heavy atom. The number of rotatable bonds is 5. The van der Waals surface area contributed by atoms with Crippen LogP contribution in [0, 0.1) is 10.1 Å². The fourth-order valence-corrected chi connectivity index (χ4v) is 2.60. The van der Waals surface area contributed by atoms with E-state index in [1.165, 1.54) is 60.7 Å². The highest BCUT2D eigenvalue weighted by molar-refractivity contribution is 6.03. The van der Waals surface area contributed by atoms with E-state index < -0.39 is 22.6 Å². The van der Waals surface area contributed by atoms with Crippen molar-refractivity contribution in [1.29, 1.82) is 0 Å². The second-order valence-electron chi connectivity index (χ2n) is 5.84. The molecule has 29 heavy (non-hydrogen) atoms. The highest BCUT2D eigenvalue weighted by Gasteiger charge is 2.34. The van der Waals surface area contributed by atoms with Gasteiger partial charge in [0.1, 0.15) is 17.2 Å². The van der Waals surface area contributed by atoms with Crippen LogP contribution in [-0.2, 0) is 11.0 Å². The number of nitro groups is 1. The molecule has 0 bridgehead atoms. The van der Waals surface area contributed by atoms with Crippen molar-refractivity contribution in [3.8, 4) is 11.3 Å². The van der Waals surface area contributed by atoms with Crippen molar-refractivity contribution in [2.45, 2.75) is 6.18 Å². The lowest BCUT2D eigenvalue weighted by Gasteiger charge is -2.10. The number of anilines is 1. The maximum absolute atomic E-state index is 13.1. The van der Waals surface area contributed by atoms with Crippen LogP contribution >= 0.6 is 0 Å². The Morgan fingerprint density at radius 1 is 1.03 bits per heavy atom. The van der Waals surface area contributed by atoms with Crippen LogP contribution in [0.5, 0.6) is 0 Å². The maximum atomic E-state index is 13.1. The number of carbonyl (C=O) groups excluding carboxylic acids is 1. The van der Waals surface area contributed by atoms with Gasteiger partial charge in [-0.1, -0.05) is 30.3 Å². The number of hydrogen-bond donors (Lipinski definition) is 1. The molecule has 9 heteroatoms. The van der Waals surface area contributed by atoms with Crippen LogP contribution in [0.1, 0.15) is 11.3 Å². The van der Waals surface area contributed by atoms with Crippen molar-refractivity contribution in [3.05, 3.63) is 88.2 Å². The van der Waals surface area contributed by atoms with E-state index in [4.69, 9.17) is 4.42 Å². The number of alkyl halides is 3. The van der Waals surface area contributed by atoms with Gasteiger partial charge in [0, 0.05) is 17.7 Å². The SMILES string of the molecule is O=C(/C=C/c1ccc(-c2ccccc2C(F)(F)F)o1)Nc1ccccc1[N+](=O)[O-]. The van der Waals surface area contributed by atoms with Gasteiger partial charge in [0.05, 0.1) is 10.5 Å². The molecule has 0 spiro atoms. The van der Waals surface area contributed by atoms with Crippen LogP contribution in [0.15, 0.2) is 71.2 Å². The van der Waals surface area contributed by atoms with Crippen molar-refractivity contribution >= 4 is 23.4 Å². The number of nitrogens with one attached hydrogen (secondary N) is 1. The Bertz CT molecular complexity index is 1090. The molecule has 0 aliphatic carbocycles. The molecule has 0 aliphatic rings. The fraction of sp³-hybridized carbons (Fsp3) is 0.0500. The second-order valence-corrected chi connectivity index (χ2v) is 5.84. The zero-order chi connectivity index (χ0) is 21.0. The highest BCUT2D eigenvalue weighted by atomic mass is 19.4. The van der Waals surface area contributed by atoms with Gasteiger partial charge in [-0.05, 0) is 30.3 Å². The molecule has 1 aromatic heterocycles. The predicted octanol–water partition coefficient (Wildman–Crippen LogP) is 5.53. The molecule has 1 heterocycles. The highest BCUT2D eigenvalue weighted by Crippen LogP contribution is 2.37. The molecule has 0 unspecified atom stereocenters. The lowest BCUT2D eigenvalue weighted by molar-refractivity contribution is -0.383. The average Bonchev–Trinajstić information content (AvgIpc) is 3.15. The third-order valence-electron chi connectivity index (χ3n) is 3.88. The van der Waals surface area contributed by atoms with E-state index in [-0.39, 0.29) is 28.5 Å². The summed E-state index contributed by atoms with van der Waals surface area (Å²) in [6.45, 7) is 0. The molecular weight excluding hydrogens is 389 g/mol. The monoisotopic (exact) mass is 402 g/mol. The Kier molecular flexibility index (Phi) is 5.49. The molecule has 148 valence electrons. The van der Waals surface area contributed by atoms with Crippen molar-refractivity contribution in [2.24, 2.45) is 0 Å². The van der Waals surface area contributed by atoms with Gasteiger partial charge in [0.15, 0.2) is 0 Å². The van der Waals surface area contributed by atoms with E-state index in [0.717, 1.165) is 12.1 Å². The second kappa shape index (κ2) is 8.01. The number of hydrogen-bond acceptors (Lipinski definition) is 4. The standard InChI is InChI=1S/C20H13F3N2O4/c21-20(22,23)15-6-2-1-5-14(15)18-11-9-13(29-18)10-12-19(26)24-16-7-3-4-8-17(16)25(27)28/h1-12H,(H,24,26)/b12-10+. The van der Waals surface area contributed by atoms with Gasteiger partial charge in [-0.3, -0.25) is 14.9 Å². The van der Waals surface area contributed by atoms with Crippen LogP contribution in [0.2, 0.25) is 0 Å². The lowest BCUT2D eigenvalue weighted by atomic mass is 10.1.